The van der Waals surface area contributed by atoms with Crippen molar-refractivity contribution in [3.63, 3.8) is 0 Å². The third-order valence-corrected chi connectivity index (χ3v) is 4.94. The van der Waals surface area contributed by atoms with Crippen LogP contribution in [0.15, 0.2) is 4.79 Å². The normalized spacial score (nSPS) is 24.8. The number of thioether (sulfide) groups is 1. The zero-order valence-corrected chi connectivity index (χ0v) is 11.6. The number of H-pyrrole nitrogens is 1. The number of aromatic amines is 1. The first kappa shape index (κ1) is 12.2. The van der Waals surface area contributed by atoms with Crippen LogP contribution in [0.3, 0.4) is 0 Å². The van der Waals surface area contributed by atoms with Crippen LogP contribution in [0.4, 0.5) is 0 Å². The van der Waals surface area contributed by atoms with Crippen molar-refractivity contribution in [3.05, 3.63) is 27.4 Å². The average Bonchev–Trinajstić information content (AvgIpc) is 2.39. The highest BCUT2D eigenvalue weighted by molar-refractivity contribution is 7.99. The molecular formula is C13H19N3OS. The number of hydrogen-bond donors (Lipinski definition) is 1. The Kier molecular flexibility index (Phi) is 3.43. The Hall–Kier alpha value is -0.810. The van der Waals surface area contributed by atoms with Gasteiger partial charge < -0.3 is 4.98 Å². The molecule has 1 unspecified atom stereocenters. The minimum absolute atomic E-state index is 0.0960. The molecule has 1 fully saturated rings. The highest BCUT2D eigenvalue weighted by Crippen LogP contribution is 2.26. The number of aryl methyl sites for hydroxylation is 1. The van der Waals surface area contributed by atoms with Crippen molar-refractivity contribution < 1.29 is 0 Å². The van der Waals surface area contributed by atoms with Crippen molar-refractivity contribution in [2.75, 3.05) is 25.1 Å². The van der Waals surface area contributed by atoms with Gasteiger partial charge in [-0.3, -0.25) is 9.69 Å². The van der Waals surface area contributed by atoms with Gasteiger partial charge in [0.2, 0.25) is 0 Å². The van der Waals surface area contributed by atoms with Crippen LogP contribution in [-0.2, 0) is 12.8 Å². The van der Waals surface area contributed by atoms with E-state index in [0.29, 0.717) is 0 Å². The maximum atomic E-state index is 12.1. The molecule has 0 radical (unpaired) electrons. The number of rotatable bonds is 1. The third kappa shape index (κ3) is 2.21. The molecular weight excluding hydrogens is 246 g/mol. The molecule has 1 saturated heterocycles. The first-order valence-electron chi connectivity index (χ1n) is 6.65. The Balaban J connectivity index is 1.97. The quantitative estimate of drug-likeness (QED) is 0.833. The predicted octanol–water partition coefficient (Wildman–Crippen LogP) is 1.37. The molecule has 2 aliphatic rings. The third-order valence-electron chi connectivity index (χ3n) is 3.92. The molecule has 98 valence electrons. The second kappa shape index (κ2) is 5.05. The van der Waals surface area contributed by atoms with Crippen molar-refractivity contribution in [1.29, 1.82) is 0 Å². The van der Waals surface area contributed by atoms with Crippen LogP contribution in [0.1, 0.15) is 36.0 Å². The van der Waals surface area contributed by atoms with Gasteiger partial charge in [0.05, 0.1) is 11.7 Å². The van der Waals surface area contributed by atoms with Gasteiger partial charge in [0.25, 0.3) is 5.56 Å². The molecule has 0 aromatic carbocycles. The Morgan fingerprint density at radius 2 is 2.22 bits per heavy atom. The summed E-state index contributed by atoms with van der Waals surface area (Å²) in [6, 6.07) is 0.267. The molecule has 1 N–H and O–H groups in total. The Morgan fingerprint density at radius 3 is 3.06 bits per heavy atom. The molecule has 0 bridgehead atoms. The van der Waals surface area contributed by atoms with Gasteiger partial charge >= 0.3 is 0 Å². The molecule has 4 nitrogen and oxygen atoms in total. The van der Waals surface area contributed by atoms with Gasteiger partial charge in [0.15, 0.2) is 0 Å². The molecule has 5 heteroatoms. The van der Waals surface area contributed by atoms with Crippen molar-refractivity contribution in [3.8, 4) is 0 Å². The summed E-state index contributed by atoms with van der Waals surface area (Å²) < 4.78 is 0. The lowest BCUT2D eigenvalue weighted by Crippen LogP contribution is -2.36. The Bertz CT molecular complexity index is 499. The fourth-order valence-corrected chi connectivity index (χ4v) is 3.97. The summed E-state index contributed by atoms with van der Waals surface area (Å²) in [5.74, 6) is 3.07. The van der Waals surface area contributed by atoms with Gasteiger partial charge in [-0.05, 0) is 32.7 Å². The summed E-state index contributed by atoms with van der Waals surface area (Å²) in [5, 5.41) is 0. The predicted molar refractivity (Wildman–Crippen MR) is 74.2 cm³/mol. The molecule has 2 heterocycles. The van der Waals surface area contributed by atoms with Crippen LogP contribution in [0.25, 0.3) is 0 Å². The summed E-state index contributed by atoms with van der Waals surface area (Å²) in [7, 11) is 2.11. The van der Waals surface area contributed by atoms with Gasteiger partial charge in [-0.2, -0.15) is 11.8 Å². The Morgan fingerprint density at radius 1 is 1.39 bits per heavy atom. The zero-order valence-electron chi connectivity index (χ0n) is 10.7. The van der Waals surface area contributed by atoms with E-state index in [-0.39, 0.29) is 11.6 Å². The van der Waals surface area contributed by atoms with Crippen LogP contribution < -0.4 is 5.56 Å². The molecule has 1 atom stereocenters. The second-order valence-corrected chi connectivity index (χ2v) is 6.30. The summed E-state index contributed by atoms with van der Waals surface area (Å²) in [6.07, 6.45) is 4.15. The van der Waals surface area contributed by atoms with Crippen LogP contribution in [0, 0.1) is 0 Å². The number of hydrogen-bond acceptors (Lipinski definition) is 4. The molecule has 0 saturated carbocycles. The minimum Gasteiger partial charge on any atom is -0.309 e. The second-order valence-electron chi connectivity index (χ2n) is 5.15. The van der Waals surface area contributed by atoms with Crippen LogP contribution in [-0.4, -0.2) is 40.0 Å². The fraction of sp³-hybridized carbons (Fsp3) is 0.692. The van der Waals surface area contributed by atoms with Crippen LogP contribution in [0.5, 0.6) is 0 Å². The van der Waals surface area contributed by atoms with E-state index >= 15 is 0 Å². The van der Waals surface area contributed by atoms with Crippen LogP contribution >= 0.6 is 11.8 Å². The van der Waals surface area contributed by atoms with Crippen molar-refractivity contribution in [1.82, 2.24) is 14.9 Å². The van der Waals surface area contributed by atoms with Gasteiger partial charge in [-0.15, -0.1) is 0 Å². The highest BCUT2D eigenvalue weighted by atomic mass is 32.2. The number of fused-ring (bicyclic) bond motifs is 1. The number of nitrogens with zero attached hydrogens (tertiary/aromatic N) is 2. The summed E-state index contributed by atoms with van der Waals surface area (Å²) in [4.78, 5) is 22.2. The van der Waals surface area contributed by atoms with Gasteiger partial charge in [0.1, 0.15) is 5.82 Å². The summed E-state index contributed by atoms with van der Waals surface area (Å²) in [6.45, 7) is 1.07. The van der Waals surface area contributed by atoms with Gasteiger partial charge in [-0.25, -0.2) is 4.98 Å². The van der Waals surface area contributed by atoms with E-state index in [0.717, 1.165) is 55.1 Å². The maximum Gasteiger partial charge on any atom is 0.254 e. The molecule has 1 aliphatic carbocycles. The molecule has 0 spiro atoms. The standard InChI is InChI=1S/C13H19N3OS/c1-16-6-7-18-8-11(16)12-14-10-5-3-2-4-9(10)13(17)15-12/h11H,2-8H2,1H3,(H,14,15,17). The van der Waals surface area contributed by atoms with E-state index < -0.39 is 0 Å². The van der Waals surface area contributed by atoms with Crippen molar-refractivity contribution >= 4 is 11.8 Å². The lowest BCUT2D eigenvalue weighted by molar-refractivity contribution is 0.263. The van der Waals surface area contributed by atoms with E-state index in [1.54, 1.807) is 0 Å². The van der Waals surface area contributed by atoms with E-state index in [2.05, 4.69) is 16.9 Å². The van der Waals surface area contributed by atoms with Crippen molar-refractivity contribution in [2.24, 2.45) is 0 Å². The van der Waals surface area contributed by atoms with E-state index in [1.165, 1.54) is 5.75 Å². The fourth-order valence-electron chi connectivity index (χ4n) is 2.75. The largest absolute Gasteiger partial charge is 0.309 e. The average molecular weight is 265 g/mol. The number of aromatic nitrogens is 2. The van der Waals surface area contributed by atoms with Gasteiger partial charge in [0, 0.05) is 23.6 Å². The van der Waals surface area contributed by atoms with Crippen molar-refractivity contribution in [2.45, 2.75) is 31.7 Å². The lowest BCUT2D eigenvalue weighted by Gasteiger charge is -2.31. The SMILES string of the molecule is CN1CCSCC1c1nc2c(c(=O)[nH]1)CCCC2. The van der Waals surface area contributed by atoms with Gasteiger partial charge in [-0.1, -0.05) is 0 Å². The molecule has 18 heavy (non-hydrogen) atoms. The molecule has 3 rings (SSSR count). The first-order valence-corrected chi connectivity index (χ1v) is 7.81. The first-order chi connectivity index (χ1) is 8.75. The monoisotopic (exact) mass is 265 g/mol. The summed E-state index contributed by atoms with van der Waals surface area (Å²) in [5.41, 5.74) is 2.07. The molecule has 0 amide bonds. The van der Waals surface area contributed by atoms with Crippen LogP contribution in [0.2, 0.25) is 0 Å². The molecule has 1 aromatic heterocycles. The zero-order chi connectivity index (χ0) is 12.5. The van der Waals surface area contributed by atoms with E-state index in [1.807, 2.05) is 11.8 Å². The Labute approximate surface area is 111 Å². The smallest absolute Gasteiger partial charge is 0.254 e. The minimum atomic E-state index is 0.0960. The number of nitrogens with one attached hydrogen (secondary N) is 1. The summed E-state index contributed by atoms with van der Waals surface area (Å²) >= 11 is 1.94. The maximum absolute atomic E-state index is 12.1. The molecule has 1 aliphatic heterocycles. The molecule has 1 aromatic rings. The van der Waals surface area contributed by atoms with E-state index in [4.69, 9.17) is 4.98 Å². The topological polar surface area (TPSA) is 49.0 Å². The highest BCUT2D eigenvalue weighted by Gasteiger charge is 2.25. The van der Waals surface area contributed by atoms with E-state index in [9.17, 15) is 4.79 Å². The lowest BCUT2D eigenvalue weighted by atomic mass is 9.97.